The lowest BCUT2D eigenvalue weighted by atomic mass is 9.94. The Morgan fingerprint density at radius 2 is 2.00 bits per heavy atom. The topological polar surface area (TPSA) is 30.9 Å². The summed E-state index contributed by atoms with van der Waals surface area (Å²) in [4.78, 5) is 0. The van der Waals surface area contributed by atoms with Gasteiger partial charge in [0.15, 0.2) is 0 Å². The van der Waals surface area contributed by atoms with Gasteiger partial charge in [-0.25, -0.2) is 0 Å². The Kier molecular flexibility index (Phi) is 2.28. The molecule has 0 saturated carbocycles. The summed E-state index contributed by atoms with van der Waals surface area (Å²) < 4.78 is 2.03. The maximum atomic E-state index is 6.14. The third-order valence-electron chi connectivity index (χ3n) is 2.65. The zero-order chi connectivity index (χ0) is 11.2. The first kappa shape index (κ1) is 10.5. The Labute approximate surface area is 94.6 Å². The molecule has 2 rings (SSSR count). The fourth-order valence-electron chi connectivity index (χ4n) is 1.94. The molecule has 15 heavy (non-hydrogen) atoms. The summed E-state index contributed by atoms with van der Waals surface area (Å²) in [7, 11) is 1.99. The molecule has 2 nitrogen and oxygen atoms in total. The van der Waals surface area contributed by atoms with E-state index in [0.717, 1.165) is 21.5 Å². The Bertz CT molecular complexity index is 506. The number of rotatable bonds is 1. The second kappa shape index (κ2) is 3.26. The lowest BCUT2D eigenvalue weighted by Crippen LogP contribution is -2.29. The van der Waals surface area contributed by atoms with Gasteiger partial charge >= 0.3 is 0 Å². The molecule has 1 aromatic heterocycles. The third-order valence-corrected chi connectivity index (χ3v) is 2.95. The summed E-state index contributed by atoms with van der Waals surface area (Å²) in [6.45, 7) is 4.01. The molecule has 2 N–H and O–H groups in total. The van der Waals surface area contributed by atoms with Gasteiger partial charge in [-0.1, -0.05) is 29.8 Å². The average molecular weight is 223 g/mol. The average Bonchev–Trinajstić information content (AvgIpc) is 2.41. The molecular formula is C12H15ClN2. The Balaban J connectivity index is 2.87. The van der Waals surface area contributed by atoms with Crippen molar-refractivity contribution in [3.05, 3.63) is 35.0 Å². The molecule has 80 valence electrons. The van der Waals surface area contributed by atoms with Crippen LogP contribution in [0.25, 0.3) is 10.9 Å². The predicted octanol–water partition coefficient (Wildman–Crippen LogP) is 3.03. The largest absolute Gasteiger partial charge is 0.349 e. The lowest BCUT2D eigenvalue weighted by Gasteiger charge is -2.21. The van der Waals surface area contributed by atoms with Crippen LogP contribution < -0.4 is 5.73 Å². The molecule has 1 aromatic carbocycles. The molecular weight excluding hydrogens is 208 g/mol. The monoisotopic (exact) mass is 222 g/mol. The first-order chi connectivity index (χ1) is 6.91. The van der Waals surface area contributed by atoms with Gasteiger partial charge in [-0.3, -0.25) is 0 Å². The molecule has 0 atom stereocenters. The number of para-hydroxylation sites is 1. The molecule has 0 radical (unpaired) electrons. The van der Waals surface area contributed by atoms with Gasteiger partial charge in [0.25, 0.3) is 0 Å². The van der Waals surface area contributed by atoms with E-state index in [1.54, 1.807) is 0 Å². The second-order valence-electron chi connectivity index (χ2n) is 4.51. The van der Waals surface area contributed by atoms with Crippen LogP contribution in [0, 0.1) is 0 Å². The first-order valence-electron chi connectivity index (χ1n) is 4.94. The maximum Gasteiger partial charge on any atom is 0.0661 e. The van der Waals surface area contributed by atoms with Crippen LogP contribution in [0.15, 0.2) is 24.4 Å². The van der Waals surface area contributed by atoms with E-state index in [9.17, 15) is 0 Å². The Morgan fingerprint density at radius 1 is 1.33 bits per heavy atom. The number of fused-ring (bicyclic) bond motifs is 1. The summed E-state index contributed by atoms with van der Waals surface area (Å²) in [6.07, 6.45) is 1.92. The number of hydrogen-bond donors (Lipinski definition) is 1. The van der Waals surface area contributed by atoms with Crippen molar-refractivity contribution < 1.29 is 0 Å². The van der Waals surface area contributed by atoms with Crippen LogP contribution in [0.5, 0.6) is 0 Å². The van der Waals surface area contributed by atoms with Crippen molar-refractivity contribution in [3.63, 3.8) is 0 Å². The van der Waals surface area contributed by atoms with Gasteiger partial charge in [0.05, 0.1) is 10.5 Å². The minimum atomic E-state index is -0.352. The van der Waals surface area contributed by atoms with Gasteiger partial charge in [-0.2, -0.15) is 0 Å². The predicted molar refractivity (Wildman–Crippen MR) is 65.1 cm³/mol. The highest BCUT2D eigenvalue weighted by molar-refractivity contribution is 6.35. The van der Waals surface area contributed by atoms with Crippen LogP contribution in [0.4, 0.5) is 0 Å². The van der Waals surface area contributed by atoms with Gasteiger partial charge in [0, 0.05) is 24.2 Å². The summed E-state index contributed by atoms with van der Waals surface area (Å²) >= 11 is 6.14. The summed E-state index contributed by atoms with van der Waals surface area (Å²) in [5.74, 6) is 0. The van der Waals surface area contributed by atoms with Crippen molar-refractivity contribution in [3.8, 4) is 0 Å². The van der Waals surface area contributed by atoms with E-state index in [4.69, 9.17) is 17.3 Å². The van der Waals surface area contributed by atoms with Gasteiger partial charge in [-0.05, 0) is 19.4 Å². The highest BCUT2D eigenvalue weighted by Gasteiger charge is 2.19. The molecule has 3 heteroatoms. The number of aryl methyl sites for hydroxylation is 1. The van der Waals surface area contributed by atoms with Crippen LogP contribution in [0.3, 0.4) is 0 Å². The van der Waals surface area contributed by atoms with Crippen LogP contribution in [0.2, 0.25) is 5.02 Å². The number of nitrogens with two attached hydrogens (primary N) is 1. The van der Waals surface area contributed by atoms with Gasteiger partial charge in [0.1, 0.15) is 0 Å². The van der Waals surface area contributed by atoms with E-state index in [0.29, 0.717) is 0 Å². The molecule has 0 aliphatic rings. The van der Waals surface area contributed by atoms with Gasteiger partial charge in [-0.15, -0.1) is 0 Å². The van der Waals surface area contributed by atoms with Gasteiger partial charge < -0.3 is 10.3 Å². The number of nitrogens with zero attached hydrogens (tertiary/aromatic N) is 1. The molecule has 0 aliphatic carbocycles. The van der Waals surface area contributed by atoms with Crippen molar-refractivity contribution in [1.29, 1.82) is 0 Å². The smallest absolute Gasteiger partial charge is 0.0661 e. The molecule has 0 aliphatic heterocycles. The zero-order valence-electron chi connectivity index (χ0n) is 9.21. The Morgan fingerprint density at radius 3 is 2.60 bits per heavy atom. The van der Waals surface area contributed by atoms with E-state index in [2.05, 4.69) is 6.07 Å². The second-order valence-corrected chi connectivity index (χ2v) is 4.92. The summed E-state index contributed by atoms with van der Waals surface area (Å²) in [5, 5.41) is 1.84. The number of benzene rings is 1. The minimum absolute atomic E-state index is 0.352. The summed E-state index contributed by atoms with van der Waals surface area (Å²) in [5.41, 5.74) is 8.03. The fourth-order valence-corrected chi connectivity index (χ4v) is 2.24. The number of halogens is 1. The third kappa shape index (κ3) is 1.64. The van der Waals surface area contributed by atoms with Crippen molar-refractivity contribution in [2.45, 2.75) is 19.4 Å². The maximum absolute atomic E-state index is 6.14. The van der Waals surface area contributed by atoms with Gasteiger partial charge in [0.2, 0.25) is 0 Å². The standard InChI is InChI=1S/C12H15ClN2/c1-12(2,14)9-6-4-5-8-10(13)7-15(3)11(8)9/h4-7H,14H2,1-3H3. The van der Waals surface area contributed by atoms with E-state index in [-0.39, 0.29) is 5.54 Å². The molecule has 0 saturated heterocycles. The molecule has 1 heterocycles. The fraction of sp³-hybridized carbons (Fsp3) is 0.333. The highest BCUT2D eigenvalue weighted by Crippen LogP contribution is 2.31. The van der Waals surface area contributed by atoms with Crippen molar-refractivity contribution in [2.75, 3.05) is 0 Å². The minimum Gasteiger partial charge on any atom is -0.349 e. The van der Waals surface area contributed by atoms with Crippen LogP contribution >= 0.6 is 11.6 Å². The van der Waals surface area contributed by atoms with E-state index < -0.39 is 0 Å². The summed E-state index contributed by atoms with van der Waals surface area (Å²) in [6, 6.07) is 6.07. The van der Waals surface area contributed by atoms with Crippen molar-refractivity contribution in [1.82, 2.24) is 4.57 Å². The SMILES string of the molecule is Cn1cc(Cl)c2cccc(C(C)(C)N)c21. The normalized spacial score (nSPS) is 12.3. The van der Waals surface area contributed by atoms with E-state index in [1.165, 1.54) is 0 Å². The first-order valence-corrected chi connectivity index (χ1v) is 5.32. The van der Waals surface area contributed by atoms with E-state index in [1.807, 2.05) is 43.8 Å². The number of hydrogen-bond acceptors (Lipinski definition) is 1. The van der Waals surface area contributed by atoms with Crippen LogP contribution in [0.1, 0.15) is 19.4 Å². The number of aromatic nitrogens is 1. The molecule has 0 fully saturated rings. The molecule has 0 amide bonds. The van der Waals surface area contributed by atoms with Crippen LogP contribution in [-0.2, 0) is 12.6 Å². The van der Waals surface area contributed by atoms with Crippen LogP contribution in [-0.4, -0.2) is 4.57 Å². The zero-order valence-corrected chi connectivity index (χ0v) is 9.97. The van der Waals surface area contributed by atoms with Crippen molar-refractivity contribution >= 4 is 22.5 Å². The van der Waals surface area contributed by atoms with E-state index >= 15 is 0 Å². The highest BCUT2D eigenvalue weighted by atomic mass is 35.5. The molecule has 0 bridgehead atoms. The Hall–Kier alpha value is -0.990. The molecule has 2 aromatic rings. The lowest BCUT2D eigenvalue weighted by molar-refractivity contribution is 0.557. The molecule has 0 unspecified atom stereocenters. The van der Waals surface area contributed by atoms with Crippen molar-refractivity contribution in [2.24, 2.45) is 12.8 Å². The quantitative estimate of drug-likeness (QED) is 0.790. The molecule has 0 spiro atoms.